The number of ether oxygens (including phenoxy) is 1. The number of halogens is 2. The monoisotopic (exact) mass is 344 g/mol. The van der Waals surface area contributed by atoms with Crippen molar-refractivity contribution in [2.24, 2.45) is 4.99 Å². The molecule has 1 radical (unpaired) electrons. The van der Waals surface area contributed by atoms with Crippen molar-refractivity contribution < 1.29 is 9.13 Å². The van der Waals surface area contributed by atoms with Crippen molar-refractivity contribution in [1.82, 2.24) is 0 Å². The summed E-state index contributed by atoms with van der Waals surface area (Å²) in [4.78, 5) is 4.63. The van der Waals surface area contributed by atoms with Gasteiger partial charge in [0, 0.05) is 10.0 Å². The highest BCUT2D eigenvalue weighted by Crippen LogP contribution is 2.37. The number of benzene rings is 2. The van der Waals surface area contributed by atoms with E-state index in [-0.39, 0.29) is 5.82 Å². The Hall–Kier alpha value is -1.68. The molecule has 2 aromatic carbocycles. The van der Waals surface area contributed by atoms with Crippen molar-refractivity contribution in [1.29, 1.82) is 0 Å². The van der Waals surface area contributed by atoms with Crippen molar-refractivity contribution >= 4 is 27.5 Å². The third-order valence-corrected chi connectivity index (χ3v) is 4.42. The molecule has 21 heavy (non-hydrogen) atoms. The Bertz CT molecular complexity index is 756. The van der Waals surface area contributed by atoms with Crippen LogP contribution in [-0.2, 0) is 17.8 Å². The Morgan fingerprint density at radius 2 is 1.95 bits per heavy atom. The second-order valence-corrected chi connectivity index (χ2v) is 6.17. The molecule has 2 nitrogen and oxygen atoms in total. The van der Waals surface area contributed by atoms with Crippen molar-refractivity contribution in [2.75, 3.05) is 0 Å². The average Bonchev–Trinajstić information content (AvgIpc) is 2.89. The summed E-state index contributed by atoms with van der Waals surface area (Å²) in [6.45, 7) is 0.521. The summed E-state index contributed by atoms with van der Waals surface area (Å²) in [7, 11) is 0. The topological polar surface area (TPSA) is 21.6 Å². The first-order valence-electron chi connectivity index (χ1n) is 6.85. The predicted molar refractivity (Wildman–Crippen MR) is 83.1 cm³/mol. The highest BCUT2D eigenvalue weighted by atomic mass is 79.9. The maximum absolute atomic E-state index is 13.3. The van der Waals surface area contributed by atoms with Gasteiger partial charge in [-0.3, -0.25) is 0 Å². The summed E-state index contributed by atoms with van der Waals surface area (Å²) >= 11 is 3.46. The Kier molecular flexibility index (Phi) is 3.07. The number of nitrogens with zero attached hydrogens (tertiary/aromatic N) is 1. The second kappa shape index (κ2) is 4.95. The molecule has 0 N–H and O–H groups in total. The molecular formula is C17H12BrFNO. The average molecular weight is 345 g/mol. The number of hydrogen-bond donors (Lipinski definition) is 0. The fraction of sp³-hybridized carbons (Fsp3) is 0.176. The summed E-state index contributed by atoms with van der Waals surface area (Å²) in [6, 6.07) is 10.9. The van der Waals surface area contributed by atoms with Crippen molar-refractivity contribution in [3.05, 3.63) is 69.3 Å². The summed E-state index contributed by atoms with van der Waals surface area (Å²) < 4.78 is 20.1. The van der Waals surface area contributed by atoms with Gasteiger partial charge in [0.15, 0.2) is 0 Å². The first kappa shape index (κ1) is 13.0. The molecule has 0 atom stereocenters. The highest BCUT2D eigenvalue weighted by molar-refractivity contribution is 9.10. The van der Waals surface area contributed by atoms with E-state index in [1.807, 2.05) is 24.3 Å². The van der Waals surface area contributed by atoms with Crippen LogP contribution in [0.4, 0.5) is 10.1 Å². The van der Waals surface area contributed by atoms with Crippen LogP contribution in [0.5, 0.6) is 0 Å². The van der Waals surface area contributed by atoms with Crippen LogP contribution in [0.3, 0.4) is 0 Å². The highest BCUT2D eigenvalue weighted by Gasteiger charge is 2.31. The van der Waals surface area contributed by atoms with Gasteiger partial charge in [-0.2, -0.15) is 0 Å². The molecule has 0 saturated carbocycles. The molecule has 105 valence electrons. The van der Waals surface area contributed by atoms with E-state index < -0.39 is 0 Å². The quantitative estimate of drug-likeness (QED) is 0.733. The van der Waals surface area contributed by atoms with Crippen molar-refractivity contribution in [2.45, 2.75) is 19.4 Å². The van der Waals surface area contributed by atoms with Gasteiger partial charge in [-0.15, -0.1) is 0 Å². The largest absolute Gasteiger partial charge is 0.475 e. The molecule has 1 heterocycles. The zero-order valence-corrected chi connectivity index (χ0v) is 12.8. The molecule has 0 saturated heterocycles. The van der Waals surface area contributed by atoms with Gasteiger partial charge in [0.1, 0.15) is 12.4 Å². The maximum atomic E-state index is 13.3. The lowest BCUT2D eigenvalue weighted by molar-refractivity contribution is 0.283. The number of aliphatic imine (C=N–C) groups is 1. The molecule has 0 aromatic heterocycles. The van der Waals surface area contributed by atoms with E-state index in [1.54, 1.807) is 6.07 Å². The number of fused-ring (bicyclic) bond motifs is 2. The molecule has 1 aliphatic carbocycles. The standard InChI is InChI=1S/C17H12BrFNO/c18-12-2-6-16-11(7-12)9-21-17(20-16)15-4-1-10-8-13(19)3-5-14(10)15/h2-3,5-8H,1,4,9H2. The fourth-order valence-corrected chi connectivity index (χ4v) is 3.31. The van der Waals surface area contributed by atoms with Crippen LogP contribution in [0.25, 0.3) is 0 Å². The number of aryl methyl sites for hydroxylation is 1. The summed E-state index contributed by atoms with van der Waals surface area (Å²) in [5, 5.41) is 0. The molecule has 4 heteroatoms. The minimum absolute atomic E-state index is 0.184. The Balaban J connectivity index is 1.72. The molecule has 0 bridgehead atoms. The molecule has 1 aliphatic heterocycles. The summed E-state index contributed by atoms with van der Waals surface area (Å²) in [5.74, 6) is 1.57. The van der Waals surface area contributed by atoms with Crippen LogP contribution in [-0.4, -0.2) is 5.90 Å². The van der Waals surface area contributed by atoms with E-state index >= 15 is 0 Å². The van der Waals surface area contributed by atoms with Gasteiger partial charge in [-0.1, -0.05) is 22.0 Å². The third-order valence-electron chi connectivity index (χ3n) is 3.92. The predicted octanol–water partition coefficient (Wildman–Crippen LogP) is 4.72. The zero-order valence-electron chi connectivity index (χ0n) is 11.2. The van der Waals surface area contributed by atoms with E-state index in [9.17, 15) is 4.39 Å². The first-order valence-corrected chi connectivity index (χ1v) is 7.65. The molecule has 0 spiro atoms. The van der Waals surface area contributed by atoms with Gasteiger partial charge in [-0.25, -0.2) is 9.38 Å². The van der Waals surface area contributed by atoms with Crippen LogP contribution in [0, 0.1) is 11.7 Å². The van der Waals surface area contributed by atoms with Crippen molar-refractivity contribution in [3.8, 4) is 0 Å². The van der Waals surface area contributed by atoms with Crippen molar-refractivity contribution in [3.63, 3.8) is 0 Å². The van der Waals surface area contributed by atoms with Gasteiger partial charge < -0.3 is 4.74 Å². The zero-order chi connectivity index (χ0) is 14.4. The Morgan fingerprint density at radius 1 is 1.05 bits per heavy atom. The minimum Gasteiger partial charge on any atom is -0.475 e. The SMILES string of the molecule is Fc1ccc2c(c1)CC[C]2C1=Nc2ccc(Br)cc2CO1. The number of rotatable bonds is 1. The summed E-state index contributed by atoms with van der Waals surface area (Å²) in [5.41, 5.74) is 4.13. The first-order chi connectivity index (χ1) is 10.2. The van der Waals surface area contributed by atoms with E-state index in [0.29, 0.717) is 12.5 Å². The van der Waals surface area contributed by atoms with Gasteiger partial charge >= 0.3 is 0 Å². The van der Waals surface area contributed by atoms with Crippen LogP contribution in [0.2, 0.25) is 0 Å². The van der Waals surface area contributed by atoms with Gasteiger partial charge in [0.25, 0.3) is 0 Å². The second-order valence-electron chi connectivity index (χ2n) is 5.26. The van der Waals surface area contributed by atoms with E-state index in [0.717, 1.165) is 45.6 Å². The lowest BCUT2D eigenvalue weighted by Gasteiger charge is -2.21. The van der Waals surface area contributed by atoms with Gasteiger partial charge in [0.2, 0.25) is 5.90 Å². The van der Waals surface area contributed by atoms with E-state index in [4.69, 9.17) is 4.74 Å². The molecule has 0 fully saturated rings. The minimum atomic E-state index is -0.184. The Morgan fingerprint density at radius 3 is 2.86 bits per heavy atom. The molecular weight excluding hydrogens is 333 g/mol. The van der Waals surface area contributed by atoms with E-state index in [2.05, 4.69) is 20.9 Å². The van der Waals surface area contributed by atoms with Crippen LogP contribution < -0.4 is 0 Å². The molecule has 2 aromatic rings. The maximum Gasteiger partial charge on any atom is 0.201 e. The Labute approximate surface area is 130 Å². The molecule has 0 unspecified atom stereocenters. The van der Waals surface area contributed by atoms with Crippen LogP contribution in [0.15, 0.2) is 45.9 Å². The number of hydrogen-bond acceptors (Lipinski definition) is 2. The van der Waals surface area contributed by atoms with Crippen LogP contribution in [0.1, 0.15) is 23.1 Å². The lowest BCUT2D eigenvalue weighted by Crippen LogP contribution is -2.17. The van der Waals surface area contributed by atoms with Gasteiger partial charge in [0.05, 0.1) is 11.6 Å². The third kappa shape index (κ3) is 2.27. The molecule has 4 rings (SSSR count). The molecule has 2 aliphatic rings. The lowest BCUT2D eigenvalue weighted by atomic mass is 10.0. The van der Waals surface area contributed by atoms with E-state index in [1.165, 1.54) is 6.07 Å². The summed E-state index contributed by atoms with van der Waals surface area (Å²) in [6.07, 6.45) is 1.70. The normalized spacial score (nSPS) is 17.0. The van der Waals surface area contributed by atoms with Crippen LogP contribution >= 0.6 is 15.9 Å². The van der Waals surface area contributed by atoms with Gasteiger partial charge in [-0.05, 0) is 54.3 Å². The fourth-order valence-electron chi connectivity index (χ4n) is 2.90. The molecule has 0 amide bonds. The smallest absolute Gasteiger partial charge is 0.201 e.